The summed E-state index contributed by atoms with van der Waals surface area (Å²) < 4.78 is 1.92. The molecule has 0 amide bonds. The second-order valence-corrected chi connectivity index (χ2v) is 5.28. The fourth-order valence-electron chi connectivity index (χ4n) is 2.32. The third kappa shape index (κ3) is 3.28. The highest BCUT2D eigenvalue weighted by Crippen LogP contribution is 2.15. The zero-order valence-corrected chi connectivity index (χ0v) is 12.6. The van der Waals surface area contributed by atoms with E-state index in [0.717, 1.165) is 23.8 Å². The molecule has 0 saturated carbocycles. The molecule has 0 spiro atoms. The summed E-state index contributed by atoms with van der Waals surface area (Å²) in [5.41, 5.74) is 1.96. The summed E-state index contributed by atoms with van der Waals surface area (Å²) >= 11 is 0. The van der Waals surface area contributed by atoms with E-state index in [9.17, 15) is 0 Å². The molecule has 1 atom stereocenters. The molecular weight excluding hydrogens is 276 g/mol. The highest BCUT2D eigenvalue weighted by Gasteiger charge is 2.08. The van der Waals surface area contributed by atoms with Crippen LogP contribution in [0.3, 0.4) is 0 Å². The van der Waals surface area contributed by atoms with E-state index in [1.165, 1.54) is 5.56 Å². The van der Waals surface area contributed by atoms with Gasteiger partial charge in [0.2, 0.25) is 0 Å². The first-order chi connectivity index (χ1) is 10.7. The fraction of sp³-hybridized carbons (Fsp3) is 0.250. The first-order valence-electron chi connectivity index (χ1n) is 7.19. The van der Waals surface area contributed by atoms with Gasteiger partial charge in [0, 0.05) is 37.9 Å². The minimum atomic E-state index is 0.248. The molecule has 6 nitrogen and oxygen atoms in total. The maximum Gasteiger partial charge on any atom is 0.160 e. The van der Waals surface area contributed by atoms with Crippen molar-refractivity contribution in [1.82, 2.24) is 24.7 Å². The lowest BCUT2D eigenvalue weighted by molar-refractivity contribution is 0.776. The van der Waals surface area contributed by atoms with E-state index in [1.54, 1.807) is 12.4 Å². The molecule has 112 valence electrons. The van der Waals surface area contributed by atoms with Crippen molar-refractivity contribution in [2.45, 2.75) is 19.4 Å². The average molecular weight is 294 g/mol. The number of imidazole rings is 1. The highest BCUT2D eigenvalue weighted by atomic mass is 15.2. The van der Waals surface area contributed by atoms with E-state index in [1.807, 2.05) is 42.2 Å². The Bertz CT molecular complexity index is 720. The zero-order chi connectivity index (χ0) is 15.4. The van der Waals surface area contributed by atoms with Gasteiger partial charge in [-0.1, -0.05) is 6.07 Å². The van der Waals surface area contributed by atoms with Gasteiger partial charge in [0.15, 0.2) is 5.82 Å². The minimum Gasteiger partial charge on any atom is -0.366 e. The van der Waals surface area contributed by atoms with Gasteiger partial charge in [0.25, 0.3) is 0 Å². The Balaban J connectivity index is 1.65. The molecule has 0 aromatic carbocycles. The van der Waals surface area contributed by atoms with Crippen LogP contribution in [0.2, 0.25) is 0 Å². The molecule has 0 aliphatic rings. The second-order valence-electron chi connectivity index (χ2n) is 5.28. The Morgan fingerprint density at radius 1 is 1.18 bits per heavy atom. The zero-order valence-electron chi connectivity index (χ0n) is 12.6. The maximum absolute atomic E-state index is 4.27. The van der Waals surface area contributed by atoms with Gasteiger partial charge in [-0.05, 0) is 37.1 Å². The van der Waals surface area contributed by atoms with Crippen molar-refractivity contribution < 1.29 is 0 Å². The number of hydrogen-bond donors (Lipinski definition) is 1. The predicted octanol–water partition coefficient (Wildman–Crippen LogP) is 2.32. The van der Waals surface area contributed by atoms with Crippen LogP contribution >= 0.6 is 0 Å². The molecule has 0 saturated heterocycles. The molecule has 0 fully saturated rings. The summed E-state index contributed by atoms with van der Waals surface area (Å²) in [6, 6.07) is 8.12. The van der Waals surface area contributed by atoms with Crippen LogP contribution in [0.4, 0.5) is 5.82 Å². The molecule has 0 aliphatic heterocycles. The van der Waals surface area contributed by atoms with E-state index in [-0.39, 0.29) is 6.04 Å². The first kappa shape index (κ1) is 14.2. The third-order valence-electron chi connectivity index (χ3n) is 3.37. The Hall–Kier alpha value is -2.76. The van der Waals surface area contributed by atoms with Crippen LogP contribution < -0.4 is 5.32 Å². The van der Waals surface area contributed by atoms with Crippen LogP contribution in [0.15, 0.2) is 49.1 Å². The van der Waals surface area contributed by atoms with Crippen molar-refractivity contribution >= 4 is 5.82 Å². The highest BCUT2D eigenvalue weighted by molar-refractivity contribution is 5.51. The monoisotopic (exact) mass is 294 g/mol. The molecule has 1 unspecified atom stereocenters. The van der Waals surface area contributed by atoms with Crippen LogP contribution in [0, 0.1) is 0 Å². The lowest BCUT2D eigenvalue weighted by atomic mass is 10.1. The van der Waals surface area contributed by atoms with Gasteiger partial charge in [-0.15, -0.1) is 10.2 Å². The summed E-state index contributed by atoms with van der Waals surface area (Å²) in [6.07, 6.45) is 8.19. The number of rotatable bonds is 5. The molecule has 22 heavy (non-hydrogen) atoms. The standard InChI is InChI=1S/C16H18N6/c1-12(10-13-4-3-7-17-11-13)19-15-6-5-14(20-21-15)16-18-8-9-22(16)2/h3-9,11-12H,10H2,1-2H3,(H,19,21). The smallest absolute Gasteiger partial charge is 0.160 e. The van der Waals surface area contributed by atoms with Crippen LogP contribution in [0.5, 0.6) is 0 Å². The van der Waals surface area contributed by atoms with Gasteiger partial charge < -0.3 is 9.88 Å². The summed E-state index contributed by atoms with van der Waals surface area (Å²) in [6.45, 7) is 2.11. The number of aromatic nitrogens is 5. The van der Waals surface area contributed by atoms with Gasteiger partial charge in [-0.25, -0.2) is 4.98 Å². The van der Waals surface area contributed by atoms with Crippen LogP contribution in [0.1, 0.15) is 12.5 Å². The molecule has 3 heterocycles. The topological polar surface area (TPSA) is 68.5 Å². The normalized spacial score (nSPS) is 12.1. The number of nitrogens with zero attached hydrogens (tertiary/aromatic N) is 5. The number of pyridine rings is 1. The summed E-state index contributed by atoms with van der Waals surface area (Å²) in [7, 11) is 1.94. The van der Waals surface area contributed by atoms with Crippen LogP contribution in [0.25, 0.3) is 11.5 Å². The van der Waals surface area contributed by atoms with Gasteiger partial charge >= 0.3 is 0 Å². The second kappa shape index (κ2) is 6.34. The van der Waals surface area contributed by atoms with Gasteiger partial charge in [-0.2, -0.15) is 0 Å². The van der Waals surface area contributed by atoms with E-state index < -0.39 is 0 Å². The lowest BCUT2D eigenvalue weighted by Crippen LogP contribution is -2.19. The van der Waals surface area contributed by atoms with Gasteiger partial charge in [0.05, 0.1) is 0 Å². The minimum absolute atomic E-state index is 0.248. The Morgan fingerprint density at radius 3 is 2.73 bits per heavy atom. The van der Waals surface area contributed by atoms with Crippen LogP contribution in [-0.4, -0.2) is 30.8 Å². The number of anilines is 1. The summed E-state index contributed by atoms with van der Waals surface area (Å²) in [5, 5.41) is 11.8. The van der Waals surface area contributed by atoms with Crippen molar-refractivity contribution in [3.8, 4) is 11.5 Å². The Morgan fingerprint density at radius 2 is 2.09 bits per heavy atom. The molecule has 3 aromatic rings. The summed E-state index contributed by atoms with van der Waals surface area (Å²) in [4.78, 5) is 8.39. The van der Waals surface area contributed by atoms with Crippen molar-refractivity contribution in [1.29, 1.82) is 0 Å². The van der Waals surface area contributed by atoms with Gasteiger partial charge in [0.1, 0.15) is 11.5 Å². The first-order valence-corrected chi connectivity index (χ1v) is 7.19. The Labute approximate surface area is 129 Å². The van der Waals surface area contributed by atoms with Crippen molar-refractivity contribution in [3.63, 3.8) is 0 Å². The fourth-order valence-corrected chi connectivity index (χ4v) is 2.32. The third-order valence-corrected chi connectivity index (χ3v) is 3.37. The SMILES string of the molecule is CC(Cc1cccnc1)Nc1ccc(-c2nccn2C)nn1. The van der Waals surface area contributed by atoms with E-state index in [2.05, 4.69) is 38.5 Å². The van der Waals surface area contributed by atoms with E-state index in [0.29, 0.717) is 0 Å². The maximum atomic E-state index is 4.27. The van der Waals surface area contributed by atoms with E-state index >= 15 is 0 Å². The van der Waals surface area contributed by atoms with Crippen LogP contribution in [-0.2, 0) is 13.5 Å². The quantitative estimate of drug-likeness (QED) is 0.782. The molecular formula is C16H18N6. The van der Waals surface area contributed by atoms with E-state index in [4.69, 9.17) is 0 Å². The number of nitrogens with one attached hydrogen (secondary N) is 1. The van der Waals surface area contributed by atoms with Crippen molar-refractivity contribution in [3.05, 3.63) is 54.6 Å². The largest absolute Gasteiger partial charge is 0.366 e. The number of hydrogen-bond acceptors (Lipinski definition) is 5. The average Bonchev–Trinajstić information content (AvgIpc) is 2.95. The number of aryl methyl sites for hydroxylation is 1. The molecule has 3 aromatic heterocycles. The molecule has 1 N–H and O–H groups in total. The summed E-state index contributed by atoms with van der Waals surface area (Å²) in [5.74, 6) is 1.57. The van der Waals surface area contributed by atoms with Crippen molar-refractivity contribution in [2.75, 3.05) is 5.32 Å². The molecule has 0 radical (unpaired) electrons. The Kier molecular flexibility index (Phi) is 4.09. The molecule has 0 bridgehead atoms. The van der Waals surface area contributed by atoms with Gasteiger partial charge in [-0.3, -0.25) is 4.98 Å². The molecule has 3 rings (SSSR count). The molecule has 0 aliphatic carbocycles. The molecule has 6 heteroatoms. The lowest BCUT2D eigenvalue weighted by Gasteiger charge is -2.14. The van der Waals surface area contributed by atoms with Crippen molar-refractivity contribution in [2.24, 2.45) is 7.05 Å². The predicted molar refractivity (Wildman–Crippen MR) is 85.3 cm³/mol.